The third-order valence-corrected chi connectivity index (χ3v) is 3.86. The normalized spacial score (nSPS) is 17.0. The highest BCUT2D eigenvalue weighted by atomic mass is 35.5. The molecule has 0 atom stereocenters. The summed E-state index contributed by atoms with van der Waals surface area (Å²) in [6.07, 6.45) is 9.13. The Morgan fingerprint density at radius 1 is 1.12 bits per heavy atom. The SMILES string of the molecule is CC(C)(C=C1CCCCC1)c1cccc(Cl)c1. The van der Waals surface area contributed by atoms with Gasteiger partial charge in [-0.3, -0.25) is 0 Å². The average Bonchev–Trinajstić information content (AvgIpc) is 2.30. The molecule has 0 aliphatic heterocycles. The fraction of sp³-hybridized carbons (Fsp3) is 0.500. The molecule has 0 spiro atoms. The van der Waals surface area contributed by atoms with E-state index in [1.165, 1.54) is 37.7 Å². The molecule has 0 unspecified atom stereocenters. The fourth-order valence-corrected chi connectivity index (χ4v) is 2.82. The Hall–Kier alpha value is -0.750. The molecule has 0 heterocycles. The van der Waals surface area contributed by atoms with Crippen molar-refractivity contribution in [3.05, 3.63) is 46.5 Å². The second kappa shape index (κ2) is 5.27. The van der Waals surface area contributed by atoms with Gasteiger partial charge in [0.25, 0.3) is 0 Å². The standard InChI is InChI=1S/C16H21Cl/c1-16(2,12-13-7-4-3-5-8-13)14-9-6-10-15(17)11-14/h6,9-12H,3-5,7-8H2,1-2H3. The molecule has 0 bridgehead atoms. The molecule has 1 saturated carbocycles. The van der Waals surface area contributed by atoms with Crippen LogP contribution in [0.25, 0.3) is 0 Å². The van der Waals surface area contributed by atoms with Crippen LogP contribution in [0.3, 0.4) is 0 Å². The second-order valence-electron chi connectivity index (χ2n) is 5.60. The van der Waals surface area contributed by atoms with E-state index in [0.29, 0.717) is 0 Å². The van der Waals surface area contributed by atoms with Crippen molar-refractivity contribution in [1.82, 2.24) is 0 Å². The molecule has 0 radical (unpaired) electrons. The summed E-state index contributed by atoms with van der Waals surface area (Å²) in [7, 11) is 0. The first-order valence-electron chi connectivity index (χ1n) is 6.54. The van der Waals surface area contributed by atoms with Crippen molar-refractivity contribution in [3.63, 3.8) is 0 Å². The van der Waals surface area contributed by atoms with Crippen LogP contribution in [0.15, 0.2) is 35.9 Å². The zero-order chi connectivity index (χ0) is 12.3. The van der Waals surface area contributed by atoms with E-state index in [-0.39, 0.29) is 5.41 Å². The van der Waals surface area contributed by atoms with Gasteiger partial charge in [0.2, 0.25) is 0 Å². The molecule has 92 valence electrons. The third kappa shape index (κ3) is 3.35. The molecule has 0 nitrogen and oxygen atoms in total. The van der Waals surface area contributed by atoms with E-state index >= 15 is 0 Å². The van der Waals surface area contributed by atoms with E-state index in [1.54, 1.807) is 5.57 Å². The third-order valence-electron chi connectivity index (χ3n) is 3.63. The summed E-state index contributed by atoms with van der Waals surface area (Å²) in [5.74, 6) is 0. The van der Waals surface area contributed by atoms with Crippen LogP contribution >= 0.6 is 11.6 Å². The summed E-state index contributed by atoms with van der Waals surface area (Å²) < 4.78 is 0. The van der Waals surface area contributed by atoms with Crippen molar-refractivity contribution in [2.45, 2.75) is 51.4 Å². The lowest BCUT2D eigenvalue weighted by Gasteiger charge is -2.25. The van der Waals surface area contributed by atoms with Gasteiger partial charge in [-0.2, -0.15) is 0 Å². The highest BCUT2D eigenvalue weighted by Gasteiger charge is 2.19. The van der Waals surface area contributed by atoms with Gasteiger partial charge < -0.3 is 0 Å². The molecule has 1 aromatic rings. The van der Waals surface area contributed by atoms with Crippen molar-refractivity contribution in [3.8, 4) is 0 Å². The number of halogens is 1. The second-order valence-corrected chi connectivity index (χ2v) is 6.03. The highest BCUT2D eigenvalue weighted by Crippen LogP contribution is 2.32. The molecule has 1 aromatic carbocycles. The van der Waals surface area contributed by atoms with Crippen molar-refractivity contribution < 1.29 is 0 Å². The van der Waals surface area contributed by atoms with Gasteiger partial charge in [-0.15, -0.1) is 0 Å². The Labute approximate surface area is 110 Å². The molecular formula is C16H21Cl. The van der Waals surface area contributed by atoms with Crippen LogP contribution in [-0.2, 0) is 5.41 Å². The fourth-order valence-electron chi connectivity index (χ4n) is 2.63. The molecule has 1 heteroatoms. The quantitative estimate of drug-likeness (QED) is 0.606. The largest absolute Gasteiger partial charge is 0.0843 e. The minimum absolute atomic E-state index is 0.0948. The van der Waals surface area contributed by atoms with E-state index < -0.39 is 0 Å². The van der Waals surface area contributed by atoms with Crippen molar-refractivity contribution >= 4 is 11.6 Å². The lowest BCUT2D eigenvalue weighted by Crippen LogP contribution is -2.15. The number of benzene rings is 1. The molecule has 17 heavy (non-hydrogen) atoms. The molecule has 0 amide bonds. The minimum Gasteiger partial charge on any atom is -0.0843 e. The van der Waals surface area contributed by atoms with E-state index in [0.717, 1.165) is 5.02 Å². The topological polar surface area (TPSA) is 0 Å². The van der Waals surface area contributed by atoms with Crippen molar-refractivity contribution in [2.24, 2.45) is 0 Å². The molecule has 0 N–H and O–H groups in total. The monoisotopic (exact) mass is 248 g/mol. The molecule has 1 aliphatic carbocycles. The predicted molar refractivity (Wildman–Crippen MR) is 75.6 cm³/mol. The summed E-state index contributed by atoms with van der Waals surface area (Å²) in [4.78, 5) is 0. The van der Waals surface area contributed by atoms with Gasteiger partial charge in [0.05, 0.1) is 0 Å². The first kappa shape index (κ1) is 12.7. The summed E-state index contributed by atoms with van der Waals surface area (Å²) in [5.41, 5.74) is 3.03. The van der Waals surface area contributed by atoms with Gasteiger partial charge in [0, 0.05) is 10.4 Å². The average molecular weight is 249 g/mol. The van der Waals surface area contributed by atoms with Crippen LogP contribution in [0, 0.1) is 0 Å². The van der Waals surface area contributed by atoms with Gasteiger partial charge in [-0.25, -0.2) is 0 Å². The predicted octanol–water partition coefficient (Wildman–Crippen LogP) is 5.51. The first-order chi connectivity index (χ1) is 8.08. The van der Waals surface area contributed by atoms with E-state index in [2.05, 4.69) is 32.1 Å². The van der Waals surface area contributed by atoms with Crippen LogP contribution in [0.5, 0.6) is 0 Å². The molecule has 1 fully saturated rings. The molecule has 2 rings (SSSR count). The van der Waals surface area contributed by atoms with Gasteiger partial charge >= 0.3 is 0 Å². The van der Waals surface area contributed by atoms with Crippen LogP contribution < -0.4 is 0 Å². The molecule has 0 saturated heterocycles. The summed E-state index contributed by atoms with van der Waals surface area (Å²) >= 11 is 6.07. The van der Waals surface area contributed by atoms with Crippen LogP contribution in [-0.4, -0.2) is 0 Å². The van der Waals surface area contributed by atoms with Gasteiger partial charge in [0.1, 0.15) is 0 Å². The number of hydrogen-bond donors (Lipinski definition) is 0. The molecular weight excluding hydrogens is 228 g/mol. The van der Waals surface area contributed by atoms with Crippen molar-refractivity contribution in [1.29, 1.82) is 0 Å². The summed E-state index contributed by atoms with van der Waals surface area (Å²) in [6.45, 7) is 4.56. The maximum absolute atomic E-state index is 6.07. The minimum atomic E-state index is 0.0948. The Kier molecular flexibility index (Phi) is 3.93. The summed E-state index contributed by atoms with van der Waals surface area (Å²) in [5, 5.41) is 0.831. The van der Waals surface area contributed by atoms with Crippen LogP contribution in [0.4, 0.5) is 0 Å². The van der Waals surface area contributed by atoms with Gasteiger partial charge in [-0.05, 0) is 43.4 Å². The van der Waals surface area contributed by atoms with Crippen LogP contribution in [0.1, 0.15) is 51.5 Å². The maximum Gasteiger partial charge on any atom is 0.0409 e. The van der Waals surface area contributed by atoms with E-state index in [4.69, 9.17) is 11.6 Å². The van der Waals surface area contributed by atoms with E-state index in [1.807, 2.05) is 12.1 Å². The highest BCUT2D eigenvalue weighted by molar-refractivity contribution is 6.30. The molecule has 1 aliphatic rings. The zero-order valence-corrected chi connectivity index (χ0v) is 11.6. The number of allylic oxidation sites excluding steroid dienone is 2. The lowest BCUT2D eigenvalue weighted by atomic mass is 9.80. The first-order valence-corrected chi connectivity index (χ1v) is 6.92. The Morgan fingerprint density at radius 2 is 1.82 bits per heavy atom. The number of hydrogen-bond acceptors (Lipinski definition) is 0. The van der Waals surface area contributed by atoms with Gasteiger partial charge in [0.15, 0.2) is 0 Å². The smallest absolute Gasteiger partial charge is 0.0409 e. The zero-order valence-electron chi connectivity index (χ0n) is 10.8. The lowest BCUT2D eigenvalue weighted by molar-refractivity contribution is 0.576. The Balaban J connectivity index is 2.23. The maximum atomic E-state index is 6.07. The summed E-state index contributed by atoms with van der Waals surface area (Å²) in [6, 6.07) is 8.24. The molecule has 0 aromatic heterocycles. The Bertz CT molecular complexity index is 407. The van der Waals surface area contributed by atoms with Gasteiger partial charge in [-0.1, -0.05) is 55.7 Å². The Morgan fingerprint density at radius 3 is 2.47 bits per heavy atom. The van der Waals surface area contributed by atoms with E-state index in [9.17, 15) is 0 Å². The van der Waals surface area contributed by atoms with Crippen molar-refractivity contribution in [2.75, 3.05) is 0 Å². The number of rotatable bonds is 2. The van der Waals surface area contributed by atoms with Crippen LogP contribution in [0.2, 0.25) is 5.02 Å².